The Morgan fingerprint density at radius 2 is 1.89 bits per heavy atom. The van der Waals surface area contributed by atoms with Gasteiger partial charge in [0, 0.05) is 43.3 Å². The lowest BCUT2D eigenvalue weighted by Crippen LogP contribution is -2.50. The third-order valence-corrected chi connectivity index (χ3v) is 5.90. The van der Waals surface area contributed by atoms with Crippen molar-refractivity contribution in [3.05, 3.63) is 28.8 Å². The molecule has 2 aliphatic rings. The molecule has 0 unspecified atom stereocenters. The molecule has 0 saturated carbocycles. The van der Waals surface area contributed by atoms with Gasteiger partial charge in [0.15, 0.2) is 0 Å². The highest BCUT2D eigenvalue weighted by atomic mass is 35.5. The van der Waals surface area contributed by atoms with Crippen LogP contribution < -0.4 is 15.5 Å². The molecular formula is C20H27ClN4O3. The Kier molecular flexibility index (Phi) is 5.84. The molecule has 2 fully saturated rings. The fourth-order valence-electron chi connectivity index (χ4n) is 3.66. The quantitative estimate of drug-likeness (QED) is 0.736. The van der Waals surface area contributed by atoms with Gasteiger partial charge in [-0.05, 0) is 43.0 Å². The second-order valence-corrected chi connectivity index (χ2v) is 8.38. The molecule has 28 heavy (non-hydrogen) atoms. The van der Waals surface area contributed by atoms with E-state index in [1.165, 1.54) is 0 Å². The van der Waals surface area contributed by atoms with E-state index in [9.17, 15) is 14.4 Å². The molecule has 4 amide bonds. The predicted molar refractivity (Wildman–Crippen MR) is 109 cm³/mol. The minimum Gasteiger partial charge on any atom is -0.368 e. The summed E-state index contributed by atoms with van der Waals surface area (Å²) < 4.78 is 0. The molecule has 1 aromatic rings. The molecule has 8 heteroatoms. The van der Waals surface area contributed by atoms with Crippen LogP contribution in [0, 0.1) is 0 Å². The summed E-state index contributed by atoms with van der Waals surface area (Å²) in [4.78, 5) is 39.8. The zero-order chi connectivity index (χ0) is 20.5. The van der Waals surface area contributed by atoms with Gasteiger partial charge in [-0.25, -0.2) is 4.79 Å². The number of urea groups is 1. The van der Waals surface area contributed by atoms with Crippen molar-refractivity contribution in [2.24, 2.45) is 0 Å². The number of nitrogens with zero attached hydrogens (tertiary/aromatic N) is 2. The van der Waals surface area contributed by atoms with E-state index in [1.54, 1.807) is 6.92 Å². The average molecular weight is 407 g/mol. The Labute approximate surface area is 170 Å². The molecule has 0 aromatic heterocycles. The van der Waals surface area contributed by atoms with Gasteiger partial charge in [-0.1, -0.05) is 25.4 Å². The van der Waals surface area contributed by atoms with Crippen LogP contribution in [0.5, 0.6) is 0 Å². The second-order valence-electron chi connectivity index (χ2n) is 7.97. The highest BCUT2D eigenvalue weighted by Crippen LogP contribution is 2.29. The first kappa shape index (κ1) is 20.5. The number of rotatable bonds is 5. The Hall–Kier alpha value is -2.28. The van der Waals surface area contributed by atoms with Crippen LogP contribution in [0.3, 0.4) is 0 Å². The Balaban J connectivity index is 1.54. The van der Waals surface area contributed by atoms with Gasteiger partial charge in [0.1, 0.15) is 5.54 Å². The maximum absolute atomic E-state index is 12.6. The van der Waals surface area contributed by atoms with Gasteiger partial charge in [-0.3, -0.25) is 14.9 Å². The Morgan fingerprint density at radius 1 is 1.21 bits per heavy atom. The summed E-state index contributed by atoms with van der Waals surface area (Å²) in [6.45, 7) is 8.65. The van der Waals surface area contributed by atoms with Crippen molar-refractivity contribution in [1.29, 1.82) is 0 Å². The number of carbonyl (C=O) groups is 3. The summed E-state index contributed by atoms with van der Waals surface area (Å²) in [6, 6.07) is 5.59. The first-order chi connectivity index (χ1) is 13.2. The number of anilines is 1. The molecule has 2 N–H and O–H groups in total. The van der Waals surface area contributed by atoms with E-state index in [4.69, 9.17) is 11.6 Å². The van der Waals surface area contributed by atoms with Crippen LogP contribution in [0.15, 0.2) is 18.2 Å². The molecule has 2 saturated heterocycles. The number of hydrogen-bond donors (Lipinski definition) is 2. The molecule has 0 spiro atoms. The smallest absolute Gasteiger partial charge is 0.322 e. The number of benzene rings is 1. The number of halogens is 1. The van der Waals surface area contributed by atoms with Crippen LogP contribution in [0.25, 0.3) is 0 Å². The van der Waals surface area contributed by atoms with E-state index < -0.39 is 11.6 Å². The summed E-state index contributed by atoms with van der Waals surface area (Å²) in [5.74, 6) is -0.0161. The first-order valence-corrected chi connectivity index (χ1v) is 10.0. The normalized spacial score (nSPS) is 22.5. The zero-order valence-electron chi connectivity index (χ0n) is 16.5. The topological polar surface area (TPSA) is 81.8 Å². The highest BCUT2D eigenvalue weighted by Gasteiger charge is 2.42. The lowest BCUT2D eigenvalue weighted by atomic mass is 9.96. The van der Waals surface area contributed by atoms with Crippen LogP contribution in [0.2, 0.25) is 5.02 Å². The third-order valence-electron chi connectivity index (χ3n) is 5.56. The van der Waals surface area contributed by atoms with Gasteiger partial charge < -0.3 is 15.1 Å². The van der Waals surface area contributed by atoms with Crippen molar-refractivity contribution >= 4 is 35.1 Å². The lowest BCUT2D eigenvalue weighted by molar-refractivity contribution is -0.132. The van der Waals surface area contributed by atoms with Gasteiger partial charge in [0.2, 0.25) is 5.91 Å². The number of nitrogens with one attached hydrogen (secondary N) is 2. The van der Waals surface area contributed by atoms with E-state index in [0.29, 0.717) is 25.4 Å². The molecule has 1 atom stereocenters. The molecule has 0 aliphatic carbocycles. The van der Waals surface area contributed by atoms with E-state index in [0.717, 1.165) is 29.4 Å². The first-order valence-electron chi connectivity index (χ1n) is 9.65. The van der Waals surface area contributed by atoms with Gasteiger partial charge in [0.25, 0.3) is 5.91 Å². The average Bonchev–Trinajstić information content (AvgIpc) is 2.92. The summed E-state index contributed by atoms with van der Waals surface area (Å²) in [5.41, 5.74) is 1.24. The van der Waals surface area contributed by atoms with Gasteiger partial charge in [0.05, 0.1) is 0 Å². The standard InChI is InChI=1S/C20H27ClN4O3/c1-13(2)15-12-14(4-5-16(15)21)24-8-10-25(11-9-24)17(26)6-7-20(3)18(27)22-19(28)23-20/h4-5,12-13H,6-11H2,1-3H3,(H2,22,23,27,28)/t20-/m1/s1. The number of carbonyl (C=O) groups excluding carboxylic acids is 3. The van der Waals surface area contributed by atoms with Crippen molar-refractivity contribution in [3.63, 3.8) is 0 Å². The van der Waals surface area contributed by atoms with Crippen LogP contribution in [0.1, 0.15) is 45.1 Å². The van der Waals surface area contributed by atoms with Crippen molar-refractivity contribution in [2.75, 3.05) is 31.1 Å². The van der Waals surface area contributed by atoms with Crippen molar-refractivity contribution < 1.29 is 14.4 Å². The molecule has 0 radical (unpaired) electrons. The molecule has 2 heterocycles. The van der Waals surface area contributed by atoms with E-state index in [2.05, 4.69) is 35.4 Å². The lowest BCUT2D eigenvalue weighted by Gasteiger charge is -2.37. The van der Waals surface area contributed by atoms with Gasteiger partial charge in [-0.2, -0.15) is 0 Å². The molecule has 7 nitrogen and oxygen atoms in total. The zero-order valence-corrected chi connectivity index (χ0v) is 17.3. The SMILES string of the molecule is CC(C)c1cc(N2CCN(C(=O)CC[C@@]3(C)NC(=O)NC3=O)CC2)ccc1Cl. The summed E-state index contributed by atoms with van der Waals surface area (Å²) >= 11 is 6.29. The Bertz CT molecular complexity index is 790. The number of imide groups is 1. The second kappa shape index (κ2) is 7.99. The fraction of sp³-hybridized carbons (Fsp3) is 0.550. The largest absolute Gasteiger partial charge is 0.368 e. The maximum atomic E-state index is 12.6. The van der Waals surface area contributed by atoms with Crippen LogP contribution in [0.4, 0.5) is 10.5 Å². The van der Waals surface area contributed by atoms with Crippen LogP contribution >= 0.6 is 11.6 Å². The van der Waals surface area contributed by atoms with Gasteiger partial charge >= 0.3 is 6.03 Å². The van der Waals surface area contributed by atoms with Crippen LogP contribution in [-0.2, 0) is 9.59 Å². The fourth-order valence-corrected chi connectivity index (χ4v) is 3.99. The van der Waals surface area contributed by atoms with E-state index in [-0.39, 0.29) is 18.2 Å². The molecule has 152 valence electrons. The van der Waals surface area contributed by atoms with Crippen molar-refractivity contribution in [1.82, 2.24) is 15.5 Å². The highest BCUT2D eigenvalue weighted by molar-refractivity contribution is 6.31. The number of hydrogen-bond acceptors (Lipinski definition) is 4. The van der Waals surface area contributed by atoms with Crippen molar-refractivity contribution in [2.45, 2.75) is 45.1 Å². The summed E-state index contributed by atoms with van der Waals surface area (Å²) in [7, 11) is 0. The van der Waals surface area contributed by atoms with E-state index in [1.807, 2.05) is 17.0 Å². The number of amides is 4. The molecule has 1 aromatic carbocycles. The van der Waals surface area contributed by atoms with E-state index >= 15 is 0 Å². The molecular weight excluding hydrogens is 380 g/mol. The molecule has 2 aliphatic heterocycles. The molecule has 0 bridgehead atoms. The minimum atomic E-state index is -1.01. The monoisotopic (exact) mass is 406 g/mol. The maximum Gasteiger partial charge on any atom is 0.322 e. The van der Waals surface area contributed by atoms with Crippen molar-refractivity contribution in [3.8, 4) is 0 Å². The van der Waals surface area contributed by atoms with Gasteiger partial charge in [-0.15, -0.1) is 0 Å². The van der Waals surface area contributed by atoms with Crippen LogP contribution in [-0.4, -0.2) is 54.5 Å². The predicted octanol–water partition coefficient (Wildman–Crippen LogP) is 2.49. The third kappa shape index (κ3) is 4.24. The Morgan fingerprint density at radius 3 is 2.46 bits per heavy atom. The summed E-state index contributed by atoms with van der Waals surface area (Å²) in [6.07, 6.45) is 0.515. The minimum absolute atomic E-state index is 0.00815. The summed E-state index contributed by atoms with van der Waals surface area (Å²) in [5, 5.41) is 5.60. The molecule has 3 rings (SSSR count). The number of piperazine rings is 1.